The SMILES string of the molecule is CC[C@@H](C)Oc1ccc(/N=c2\[nH]c(=O)n(CCC(=O)O)c(=O)n2Cc2ccc(C)cc2)cc1C. The lowest BCUT2D eigenvalue weighted by Crippen LogP contribution is -2.50. The van der Waals surface area contributed by atoms with Crippen LogP contribution < -0.4 is 21.7 Å². The average molecular weight is 467 g/mol. The van der Waals surface area contributed by atoms with Crippen LogP contribution in [0.5, 0.6) is 5.75 Å². The molecule has 0 radical (unpaired) electrons. The van der Waals surface area contributed by atoms with Crippen molar-refractivity contribution in [2.75, 3.05) is 0 Å². The summed E-state index contributed by atoms with van der Waals surface area (Å²) in [5, 5.41) is 8.99. The summed E-state index contributed by atoms with van der Waals surface area (Å²) in [5.74, 6) is -0.348. The van der Waals surface area contributed by atoms with Crippen LogP contribution in [0.2, 0.25) is 0 Å². The van der Waals surface area contributed by atoms with Gasteiger partial charge >= 0.3 is 17.3 Å². The second kappa shape index (κ2) is 10.8. The van der Waals surface area contributed by atoms with E-state index in [1.165, 1.54) is 4.57 Å². The summed E-state index contributed by atoms with van der Waals surface area (Å²) in [5.41, 5.74) is 2.09. The first kappa shape index (κ1) is 24.8. The van der Waals surface area contributed by atoms with Crippen molar-refractivity contribution in [2.24, 2.45) is 4.99 Å². The molecule has 0 aliphatic heterocycles. The highest BCUT2D eigenvalue weighted by atomic mass is 16.5. The quantitative estimate of drug-likeness (QED) is 0.503. The lowest BCUT2D eigenvalue weighted by atomic mass is 10.1. The van der Waals surface area contributed by atoms with E-state index >= 15 is 0 Å². The van der Waals surface area contributed by atoms with Gasteiger partial charge in [0.1, 0.15) is 5.75 Å². The zero-order valence-corrected chi connectivity index (χ0v) is 19.9. The maximum Gasteiger partial charge on any atom is 0.335 e. The van der Waals surface area contributed by atoms with E-state index in [9.17, 15) is 14.4 Å². The lowest BCUT2D eigenvalue weighted by molar-refractivity contribution is -0.137. The molecular formula is C25H30N4O5. The third-order valence-electron chi connectivity index (χ3n) is 5.49. The largest absolute Gasteiger partial charge is 0.490 e. The Bertz CT molecular complexity index is 1350. The first-order chi connectivity index (χ1) is 16.2. The standard InChI is InChI=1S/C25H30N4O5/c1-5-18(4)34-21-11-10-20(14-17(21)3)26-23-27-24(32)28(13-12-22(30)31)25(33)29(23)15-19-8-6-16(2)7-9-19/h6-11,14,18H,5,12-13,15H2,1-4H3,(H,30,31)(H,26,27,32)/t18-/m1/s1. The third-order valence-corrected chi connectivity index (χ3v) is 5.49. The van der Waals surface area contributed by atoms with Gasteiger partial charge in [0.2, 0.25) is 5.62 Å². The van der Waals surface area contributed by atoms with Crippen molar-refractivity contribution in [1.29, 1.82) is 0 Å². The van der Waals surface area contributed by atoms with Gasteiger partial charge in [0.05, 0.1) is 24.8 Å². The summed E-state index contributed by atoms with van der Waals surface area (Å²) in [6.07, 6.45) is 0.609. The smallest absolute Gasteiger partial charge is 0.335 e. The molecule has 0 aliphatic carbocycles. The summed E-state index contributed by atoms with van der Waals surface area (Å²) in [7, 11) is 0. The van der Waals surface area contributed by atoms with Crippen molar-refractivity contribution in [3.05, 3.63) is 85.7 Å². The van der Waals surface area contributed by atoms with Crippen LogP contribution in [-0.2, 0) is 17.9 Å². The van der Waals surface area contributed by atoms with E-state index in [-0.39, 0.29) is 31.2 Å². The van der Waals surface area contributed by atoms with Crippen molar-refractivity contribution in [3.8, 4) is 5.75 Å². The van der Waals surface area contributed by atoms with Gasteiger partial charge in [-0.3, -0.25) is 14.3 Å². The number of nitrogens with zero attached hydrogens (tertiary/aromatic N) is 3. The summed E-state index contributed by atoms with van der Waals surface area (Å²) in [6, 6.07) is 13.0. The van der Waals surface area contributed by atoms with Crippen LogP contribution in [0.1, 0.15) is 43.4 Å². The van der Waals surface area contributed by atoms with Crippen LogP contribution >= 0.6 is 0 Å². The Labute approximate surface area is 197 Å². The van der Waals surface area contributed by atoms with Crippen LogP contribution in [0.15, 0.2) is 57.0 Å². The fourth-order valence-corrected chi connectivity index (χ4v) is 3.32. The number of H-pyrrole nitrogens is 1. The number of carboxylic acids is 1. The average Bonchev–Trinajstić information content (AvgIpc) is 2.79. The molecule has 0 aliphatic rings. The molecule has 2 aromatic carbocycles. The highest BCUT2D eigenvalue weighted by Gasteiger charge is 2.12. The van der Waals surface area contributed by atoms with E-state index in [1.807, 2.05) is 64.1 Å². The summed E-state index contributed by atoms with van der Waals surface area (Å²) in [4.78, 5) is 44.0. The van der Waals surface area contributed by atoms with E-state index < -0.39 is 17.3 Å². The van der Waals surface area contributed by atoms with Gasteiger partial charge in [0.25, 0.3) is 0 Å². The Balaban J connectivity index is 2.11. The minimum atomic E-state index is -1.10. The highest BCUT2D eigenvalue weighted by Crippen LogP contribution is 2.24. The Morgan fingerprint density at radius 2 is 1.82 bits per heavy atom. The van der Waals surface area contributed by atoms with E-state index in [4.69, 9.17) is 9.84 Å². The van der Waals surface area contributed by atoms with Crippen LogP contribution in [0.25, 0.3) is 0 Å². The molecule has 2 N–H and O–H groups in total. The number of carboxylic acid groups (broad SMARTS) is 1. The summed E-state index contributed by atoms with van der Waals surface area (Å²) in [6.45, 7) is 7.84. The van der Waals surface area contributed by atoms with E-state index in [2.05, 4.69) is 9.98 Å². The van der Waals surface area contributed by atoms with Crippen molar-refractivity contribution in [3.63, 3.8) is 0 Å². The molecule has 0 bridgehead atoms. The van der Waals surface area contributed by atoms with Crippen LogP contribution in [0, 0.1) is 13.8 Å². The van der Waals surface area contributed by atoms with Gasteiger partial charge in [-0.2, -0.15) is 0 Å². The van der Waals surface area contributed by atoms with Crippen LogP contribution in [0.3, 0.4) is 0 Å². The van der Waals surface area contributed by atoms with Gasteiger partial charge in [-0.25, -0.2) is 19.1 Å². The zero-order valence-electron chi connectivity index (χ0n) is 19.9. The number of aromatic amines is 1. The number of aryl methyl sites for hydroxylation is 2. The molecule has 0 saturated carbocycles. The molecule has 0 amide bonds. The van der Waals surface area contributed by atoms with E-state index in [0.717, 1.165) is 33.4 Å². The fourth-order valence-electron chi connectivity index (χ4n) is 3.32. The number of aliphatic carboxylic acids is 1. The number of ether oxygens (including phenoxy) is 1. The number of nitrogens with one attached hydrogen (secondary N) is 1. The second-order valence-electron chi connectivity index (χ2n) is 8.30. The molecule has 0 unspecified atom stereocenters. The zero-order chi connectivity index (χ0) is 24.8. The Morgan fingerprint density at radius 1 is 1.12 bits per heavy atom. The molecule has 0 saturated heterocycles. The first-order valence-corrected chi connectivity index (χ1v) is 11.2. The first-order valence-electron chi connectivity index (χ1n) is 11.2. The Kier molecular flexibility index (Phi) is 7.88. The number of benzene rings is 2. The molecule has 3 rings (SSSR count). The normalized spacial score (nSPS) is 12.5. The maximum atomic E-state index is 13.2. The minimum absolute atomic E-state index is 0.0768. The molecule has 1 aromatic heterocycles. The predicted octanol–water partition coefficient (Wildman–Crippen LogP) is 2.89. The van der Waals surface area contributed by atoms with Gasteiger partial charge in [-0.05, 0) is 56.5 Å². The van der Waals surface area contributed by atoms with Gasteiger partial charge < -0.3 is 9.84 Å². The number of rotatable bonds is 9. The van der Waals surface area contributed by atoms with Crippen molar-refractivity contribution < 1.29 is 14.6 Å². The molecule has 9 heteroatoms. The Hall–Kier alpha value is -3.88. The molecule has 1 atom stereocenters. The van der Waals surface area contributed by atoms with Gasteiger partial charge in [0.15, 0.2) is 0 Å². The highest BCUT2D eigenvalue weighted by molar-refractivity contribution is 5.66. The summed E-state index contributed by atoms with van der Waals surface area (Å²) >= 11 is 0. The molecule has 0 fully saturated rings. The second-order valence-corrected chi connectivity index (χ2v) is 8.30. The minimum Gasteiger partial charge on any atom is -0.490 e. The number of aromatic nitrogens is 3. The van der Waals surface area contributed by atoms with Gasteiger partial charge in [-0.1, -0.05) is 36.8 Å². The van der Waals surface area contributed by atoms with E-state index in [1.54, 1.807) is 6.07 Å². The topological polar surface area (TPSA) is 119 Å². The van der Waals surface area contributed by atoms with E-state index in [0.29, 0.717) is 5.69 Å². The maximum absolute atomic E-state index is 13.2. The van der Waals surface area contributed by atoms with Gasteiger partial charge in [0, 0.05) is 6.54 Å². The summed E-state index contributed by atoms with van der Waals surface area (Å²) < 4.78 is 8.13. The number of carbonyl (C=O) groups is 1. The monoisotopic (exact) mass is 466 g/mol. The fraction of sp³-hybridized carbons (Fsp3) is 0.360. The third kappa shape index (κ3) is 6.12. The number of hydrogen-bond donors (Lipinski definition) is 2. The molecular weight excluding hydrogens is 436 g/mol. The molecule has 1 heterocycles. The number of hydrogen-bond acceptors (Lipinski definition) is 5. The molecule has 180 valence electrons. The van der Waals surface area contributed by atoms with Gasteiger partial charge in [-0.15, -0.1) is 0 Å². The molecule has 34 heavy (non-hydrogen) atoms. The van der Waals surface area contributed by atoms with Crippen LogP contribution in [-0.4, -0.2) is 31.3 Å². The van der Waals surface area contributed by atoms with Crippen molar-refractivity contribution in [1.82, 2.24) is 14.1 Å². The molecule has 9 nitrogen and oxygen atoms in total. The predicted molar refractivity (Wildman–Crippen MR) is 129 cm³/mol. The van der Waals surface area contributed by atoms with Crippen molar-refractivity contribution in [2.45, 2.75) is 59.7 Å². The van der Waals surface area contributed by atoms with Crippen molar-refractivity contribution >= 4 is 11.7 Å². The molecule has 0 spiro atoms. The Morgan fingerprint density at radius 3 is 2.44 bits per heavy atom. The van der Waals surface area contributed by atoms with Crippen LogP contribution in [0.4, 0.5) is 5.69 Å². The lowest BCUT2D eigenvalue weighted by Gasteiger charge is -2.15. The molecule has 3 aromatic rings.